The van der Waals surface area contributed by atoms with Crippen LogP contribution in [0.2, 0.25) is 0 Å². The molecule has 2 rings (SSSR count). The normalized spacial score (nSPS) is 10.3. The Kier molecular flexibility index (Phi) is 3.98. The topological polar surface area (TPSA) is 51.2 Å². The van der Waals surface area contributed by atoms with Gasteiger partial charge in [0.15, 0.2) is 5.82 Å². The lowest BCUT2D eigenvalue weighted by Crippen LogP contribution is -2.12. The summed E-state index contributed by atoms with van der Waals surface area (Å²) in [7, 11) is 0. The molecule has 0 radical (unpaired) electrons. The van der Waals surface area contributed by atoms with E-state index in [9.17, 15) is 4.39 Å². The molecule has 1 aromatic heterocycles. The molecule has 0 amide bonds. The minimum absolute atomic E-state index is 0.155. The molecule has 0 unspecified atom stereocenters. The number of halogens is 2. The summed E-state index contributed by atoms with van der Waals surface area (Å²) in [5.74, 6) is -0.413. The van der Waals surface area contributed by atoms with Gasteiger partial charge in [0.05, 0.1) is 22.7 Å². The van der Waals surface area contributed by atoms with E-state index in [0.29, 0.717) is 17.8 Å². The minimum atomic E-state index is -0.413. The largest absolute Gasteiger partial charge is 0.472 e. The lowest BCUT2D eigenvalue weighted by Gasteiger charge is -2.10. The second-order valence-corrected chi connectivity index (χ2v) is 4.87. The first-order chi connectivity index (χ1) is 8.59. The van der Waals surface area contributed by atoms with Crippen LogP contribution in [-0.2, 0) is 6.54 Å². The highest BCUT2D eigenvalue weighted by Gasteiger charge is 2.12. The highest BCUT2D eigenvalue weighted by molar-refractivity contribution is 9.10. The van der Waals surface area contributed by atoms with Gasteiger partial charge in [-0.1, -0.05) is 12.2 Å². The Bertz CT molecular complexity index is 572. The number of nitrogens with two attached hydrogens (primary N) is 1. The third-order valence-electron chi connectivity index (χ3n) is 2.41. The molecular formula is C12H10BrFN2OS. The fraction of sp³-hybridized carbons (Fsp3) is 0.0833. The third kappa shape index (κ3) is 2.70. The van der Waals surface area contributed by atoms with Crippen molar-refractivity contribution < 1.29 is 8.81 Å². The van der Waals surface area contributed by atoms with Gasteiger partial charge in [-0.25, -0.2) is 4.39 Å². The molecule has 94 valence electrons. The average Bonchev–Trinajstić information content (AvgIpc) is 2.83. The second-order valence-electron chi connectivity index (χ2n) is 3.64. The maximum absolute atomic E-state index is 14.0. The van der Waals surface area contributed by atoms with Gasteiger partial charge in [0.25, 0.3) is 0 Å². The quantitative estimate of drug-likeness (QED) is 0.844. The van der Waals surface area contributed by atoms with Crippen LogP contribution >= 0.6 is 28.1 Å². The molecule has 0 aliphatic carbocycles. The van der Waals surface area contributed by atoms with Gasteiger partial charge in [-0.3, -0.25) is 0 Å². The van der Waals surface area contributed by atoms with Crippen molar-refractivity contribution in [3.05, 3.63) is 52.1 Å². The van der Waals surface area contributed by atoms with E-state index in [4.69, 9.17) is 22.4 Å². The van der Waals surface area contributed by atoms with Gasteiger partial charge in [-0.05, 0) is 34.1 Å². The van der Waals surface area contributed by atoms with Gasteiger partial charge in [-0.15, -0.1) is 0 Å². The molecule has 0 spiro atoms. The molecule has 0 saturated heterocycles. The molecule has 18 heavy (non-hydrogen) atoms. The first-order valence-electron chi connectivity index (χ1n) is 5.12. The van der Waals surface area contributed by atoms with E-state index in [-0.39, 0.29) is 9.46 Å². The van der Waals surface area contributed by atoms with Crippen LogP contribution < -0.4 is 11.1 Å². The fourth-order valence-corrected chi connectivity index (χ4v) is 2.33. The van der Waals surface area contributed by atoms with Crippen molar-refractivity contribution in [1.29, 1.82) is 0 Å². The van der Waals surface area contributed by atoms with Crippen LogP contribution in [0, 0.1) is 5.82 Å². The van der Waals surface area contributed by atoms with Crippen molar-refractivity contribution in [2.24, 2.45) is 5.73 Å². The second kappa shape index (κ2) is 5.49. The minimum Gasteiger partial charge on any atom is -0.472 e. The summed E-state index contributed by atoms with van der Waals surface area (Å²) in [6, 6.07) is 5.09. The fourth-order valence-electron chi connectivity index (χ4n) is 1.47. The van der Waals surface area contributed by atoms with E-state index in [1.807, 2.05) is 6.07 Å². The maximum Gasteiger partial charge on any atom is 0.161 e. The summed E-state index contributed by atoms with van der Waals surface area (Å²) in [6.07, 6.45) is 3.17. The average molecular weight is 329 g/mol. The Morgan fingerprint density at radius 3 is 2.83 bits per heavy atom. The summed E-state index contributed by atoms with van der Waals surface area (Å²) in [4.78, 5) is 0.155. The first kappa shape index (κ1) is 13.0. The van der Waals surface area contributed by atoms with Gasteiger partial charge in [0.1, 0.15) is 4.99 Å². The highest BCUT2D eigenvalue weighted by Crippen LogP contribution is 2.27. The number of rotatable bonds is 4. The molecule has 0 bridgehead atoms. The molecule has 0 fully saturated rings. The van der Waals surface area contributed by atoms with Crippen LogP contribution in [0.15, 0.2) is 39.6 Å². The first-order valence-corrected chi connectivity index (χ1v) is 6.32. The Morgan fingerprint density at radius 1 is 1.44 bits per heavy atom. The molecule has 6 heteroatoms. The van der Waals surface area contributed by atoms with Crippen LogP contribution in [0.5, 0.6) is 0 Å². The van der Waals surface area contributed by atoms with Gasteiger partial charge in [0.2, 0.25) is 0 Å². The van der Waals surface area contributed by atoms with E-state index in [2.05, 4.69) is 21.2 Å². The number of thiocarbonyl (C=S) groups is 1. The Labute approximate surface area is 117 Å². The van der Waals surface area contributed by atoms with E-state index in [0.717, 1.165) is 5.56 Å². The molecule has 1 heterocycles. The molecule has 1 aromatic carbocycles. The van der Waals surface area contributed by atoms with Gasteiger partial charge < -0.3 is 15.5 Å². The van der Waals surface area contributed by atoms with E-state index in [1.54, 1.807) is 24.7 Å². The Balaban J connectivity index is 2.19. The van der Waals surface area contributed by atoms with E-state index >= 15 is 0 Å². The Morgan fingerprint density at radius 2 is 2.22 bits per heavy atom. The predicted molar refractivity (Wildman–Crippen MR) is 76.0 cm³/mol. The molecule has 3 nitrogen and oxygen atoms in total. The number of anilines is 1. The van der Waals surface area contributed by atoms with Crippen LogP contribution in [-0.4, -0.2) is 4.99 Å². The highest BCUT2D eigenvalue weighted by atomic mass is 79.9. The summed E-state index contributed by atoms with van der Waals surface area (Å²) in [5.41, 5.74) is 7.28. The standard InChI is InChI=1S/C12H10BrFN2OS/c13-10-8(12(15)18)1-2-9(11(10)14)16-5-7-3-4-17-6-7/h1-4,6,16H,5H2,(H2,15,18). The van der Waals surface area contributed by atoms with E-state index in [1.165, 1.54) is 0 Å². The summed E-state index contributed by atoms with van der Waals surface area (Å²) in [5, 5.41) is 2.97. The molecule has 2 aromatic rings. The molecule has 3 N–H and O–H groups in total. The number of nitrogens with one attached hydrogen (secondary N) is 1. The van der Waals surface area contributed by atoms with Gasteiger partial charge in [-0.2, -0.15) is 0 Å². The molecule has 0 aliphatic heterocycles. The maximum atomic E-state index is 14.0. The third-order valence-corrected chi connectivity index (χ3v) is 3.41. The smallest absolute Gasteiger partial charge is 0.161 e. The number of furan rings is 1. The summed E-state index contributed by atoms with van der Waals surface area (Å²) >= 11 is 7.98. The van der Waals surface area contributed by atoms with E-state index < -0.39 is 5.82 Å². The van der Waals surface area contributed by atoms with Crippen molar-refractivity contribution in [2.45, 2.75) is 6.54 Å². The zero-order valence-electron chi connectivity index (χ0n) is 9.24. The van der Waals surface area contributed by atoms with Crippen LogP contribution in [0.4, 0.5) is 10.1 Å². The molecule has 0 atom stereocenters. The summed E-state index contributed by atoms with van der Waals surface area (Å²) < 4.78 is 19.2. The predicted octanol–water partition coefficient (Wildman–Crippen LogP) is 3.43. The number of benzene rings is 1. The SMILES string of the molecule is NC(=S)c1ccc(NCc2ccoc2)c(F)c1Br. The zero-order chi connectivity index (χ0) is 13.1. The van der Waals surface area contributed by atoms with Crippen molar-refractivity contribution in [3.8, 4) is 0 Å². The Hall–Kier alpha value is -1.40. The molecular weight excluding hydrogens is 319 g/mol. The van der Waals surface area contributed by atoms with Crippen molar-refractivity contribution in [3.63, 3.8) is 0 Å². The van der Waals surface area contributed by atoms with Gasteiger partial charge >= 0.3 is 0 Å². The van der Waals surface area contributed by atoms with Crippen molar-refractivity contribution in [2.75, 3.05) is 5.32 Å². The van der Waals surface area contributed by atoms with Crippen LogP contribution in [0.1, 0.15) is 11.1 Å². The number of hydrogen-bond donors (Lipinski definition) is 2. The molecule has 0 saturated carbocycles. The molecule has 0 aliphatic rings. The van der Waals surface area contributed by atoms with Gasteiger partial charge in [0, 0.05) is 17.7 Å². The lowest BCUT2D eigenvalue weighted by molar-refractivity contribution is 0.564. The number of hydrogen-bond acceptors (Lipinski definition) is 3. The zero-order valence-corrected chi connectivity index (χ0v) is 11.6. The van der Waals surface area contributed by atoms with Crippen molar-refractivity contribution in [1.82, 2.24) is 0 Å². The summed E-state index contributed by atoms with van der Waals surface area (Å²) in [6.45, 7) is 0.478. The van der Waals surface area contributed by atoms with Crippen LogP contribution in [0.3, 0.4) is 0 Å². The lowest BCUT2D eigenvalue weighted by atomic mass is 10.2. The van der Waals surface area contributed by atoms with Crippen molar-refractivity contribution >= 4 is 38.8 Å². The van der Waals surface area contributed by atoms with Crippen LogP contribution in [0.25, 0.3) is 0 Å². The monoisotopic (exact) mass is 328 g/mol.